The summed E-state index contributed by atoms with van der Waals surface area (Å²) in [5.41, 5.74) is 1.86. The Kier molecular flexibility index (Phi) is 10.4. The van der Waals surface area contributed by atoms with Crippen molar-refractivity contribution in [2.24, 2.45) is 0 Å². The molecule has 1 N–H and O–H groups in total. The van der Waals surface area contributed by atoms with Crippen molar-refractivity contribution in [3.8, 4) is 17.3 Å². The van der Waals surface area contributed by atoms with Gasteiger partial charge in [-0.25, -0.2) is 19.9 Å². The average molecular weight is 672 g/mol. The summed E-state index contributed by atoms with van der Waals surface area (Å²) in [5, 5.41) is 15.2. The van der Waals surface area contributed by atoms with E-state index in [2.05, 4.69) is 41.0 Å². The van der Waals surface area contributed by atoms with Crippen LogP contribution in [0.3, 0.4) is 0 Å². The Bertz CT molecular complexity index is 1750. The zero-order valence-corrected chi connectivity index (χ0v) is 26.9. The third-order valence-corrected chi connectivity index (χ3v) is 9.20. The summed E-state index contributed by atoms with van der Waals surface area (Å²) in [7, 11) is 0. The number of hydrogen-bond donors (Lipinski definition) is 1. The number of piperidine rings is 1. The number of rotatable bonds is 7. The summed E-state index contributed by atoms with van der Waals surface area (Å²) in [6.45, 7) is 7.94. The Hall–Kier alpha value is -4.49. The molecule has 0 spiro atoms. The molecule has 3 saturated heterocycles. The molecular formula is C32H41F4N11O. The van der Waals surface area contributed by atoms with Crippen molar-refractivity contribution in [1.82, 2.24) is 49.4 Å². The van der Waals surface area contributed by atoms with E-state index >= 15 is 0 Å². The third kappa shape index (κ3) is 6.88. The van der Waals surface area contributed by atoms with E-state index in [1.807, 2.05) is 41.9 Å². The van der Waals surface area contributed by atoms with Gasteiger partial charge in [0.1, 0.15) is 23.2 Å². The van der Waals surface area contributed by atoms with Crippen LogP contribution >= 0.6 is 0 Å². The first-order chi connectivity index (χ1) is 22.7. The predicted molar refractivity (Wildman–Crippen MR) is 171 cm³/mol. The van der Waals surface area contributed by atoms with Gasteiger partial charge in [-0.1, -0.05) is 13.8 Å². The molecule has 4 aromatic rings. The van der Waals surface area contributed by atoms with Crippen LogP contribution in [0.2, 0.25) is 0 Å². The molecule has 258 valence electrons. The van der Waals surface area contributed by atoms with Crippen LogP contribution in [0, 0.1) is 11.3 Å². The van der Waals surface area contributed by atoms with Crippen molar-refractivity contribution in [3.05, 3.63) is 54.3 Å². The van der Waals surface area contributed by atoms with Crippen molar-refractivity contribution in [1.29, 1.82) is 5.26 Å². The molecule has 3 aliphatic heterocycles. The lowest BCUT2D eigenvalue weighted by atomic mass is 9.83. The molecule has 0 aliphatic carbocycles. The van der Waals surface area contributed by atoms with Crippen LogP contribution in [0.4, 0.5) is 17.9 Å². The maximum Gasteiger partial charge on any atom is 0.451 e. The van der Waals surface area contributed by atoms with Gasteiger partial charge in [0, 0.05) is 63.5 Å². The number of nitrogens with one attached hydrogen (secondary N) is 1. The van der Waals surface area contributed by atoms with Gasteiger partial charge < -0.3 is 9.88 Å². The number of nitrogens with zero attached hydrogens (tertiary/aromatic N) is 10. The van der Waals surface area contributed by atoms with Crippen LogP contribution in [-0.2, 0) is 18.3 Å². The van der Waals surface area contributed by atoms with E-state index in [-0.39, 0.29) is 30.1 Å². The summed E-state index contributed by atoms with van der Waals surface area (Å²) < 4.78 is 42.8. The van der Waals surface area contributed by atoms with Gasteiger partial charge in [-0.3, -0.25) is 24.0 Å². The molecule has 0 radical (unpaired) electrons. The maximum absolute atomic E-state index is 13.6. The van der Waals surface area contributed by atoms with Gasteiger partial charge in [0.15, 0.2) is 0 Å². The van der Waals surface area contributed by atoms with Gasteiger partial charge in [-0.2, -0.15) is 23.5 Å². The molecule has 7 rings (SSSR count). The molecule has 0 atom stereocenters. The topological polar surface area (TPSA) is 136 Å². The minimum Gasteiger partial charge on any atom is -0.346 e. The molecule has 48 heavy (non-hydrogen) atoms. The van der Waals surface area contributed by atoms with E-state index in [1.165, 1.54) is 12.4 Å². The maximum atomic E-state index is 13.6. The third-order valence-electron chi connectivity index (χ3n) is 9.20. The van der Waals surface area contributed by atoms with Gasteiger partial charge in [-0.05, 0) is 50.9 Å². The SMILES string of the molecule is CC.F.N#CCC1(n2cc(-c3ncnc4[nH]ccc34)cn2)CN(C2CCN(C(=O)c3cc(CN4CCCC4)nc(C(F)(F)F)n3)CC2)C1.[HH]. The summed E-state index contributed by atoms with van der Waals surface area (Å²) in [5.74, 6) is -1.78. The lowest BCUT2D eigenvalue weighted by Crippen LogP contribution is -2.66. The Morgan fingerprint density at radius 2 is 1.85 bits per heavy atom. The van der Waals surface area contributed by atoms with Crippen LogP contribution in [0.15, 0.2) is 37.1 Å². The van der Waals surface area contributed by atoms with Crippen molar-refractivity contribution < 1.29 is 24.1 Å². The second-order valence-corrected chi connectivity index (χ2v) is 12.2. The highest BCUT2D eigenvalue weighted by atomic mass is 19.4. The highest BCUT2D eigenvalue weighted by Crippen LogP contribution is 2.37. The molecule has 0 unspecified atom stereocenters. The molecule has 12 nitrogen and oxygen atoms in total. The second kappa shape index (κ2) is 14.3. The number of amides is 1. The van der Waals surface area contributed by atoms with Crippen LogP contribution < -0.4 is 0 Å². The number of fused-ring (bicyclic) bond motifs is 1. The van der Waals surface area contributed by atoms with Gasteiger partial charge in [-0.15, -0.1) is 0 Å². The standard InChI is InChI=1S/C30H32F3N11O.C2H6.FH.H2/c31-30(32,33)28-39-21(16-41-9-1-2-10-41)13-24(40-28)27(45)42-11-4-22(5-12-42)43-17-29(18-43,6-7-34)44-15-20(14-38-44)25-23-3-8-35-26(23)37-19-36-25;1-2;;/h3,8,13-15,19,22H,1-2,4-6,9-12,16-18H2,(H,35,36,37);1-2H3;2*1H. The lowest BCUT2D eigenvalue weighted by Gasteiger charge is -2.53. The lowest BCUT2D eigenvalue weighted by molar-refractivity contribution is -0.145. The van der Waals surface area contributed by atoms with Crippen molar-refractivity contribution in [2.75, 3.05) is 39.3 Å². The summed E-state index contributed by atoms with van der Waals surface area (Å²) in [4.78, 5) is 38.5. The number of carbonyl (C=O) groups excluding carboxylic acids is 1. The highest BCUT2D eigenvalue weighted by molar-refractivity contribution is 5.92. The van der Waals surface area contributed by atoms with Crippen LogP contribution in [0.5, 0.6) is 0 Å². The quantitative estimate of drug-likeness (QED) is 0.273. The summed E-state index contributed by atoms with van der Waals surface area (Å²) in [6.07, 6.45) is 5.89. The van der Waals surface area contributed by atoms with E-state index in [4.69, 9.17) is 0 Å². The summed E-state index contributed by atoms with van der Waals surface area (Å²) in [6, 6.07) is 5.83. The molecule has 3 aliphatic rings. The zero-order chi connectivity index (χ0) is 33.2. The molecule has 0 aromatic carbocycles. The molecule has 7 heterocycles. The fourth-order valence-corrected chi connectivity index (χ4v) is 6.84. The predicted octanol–water partition coefficient (Wildman–Crippen LogP) is 4.88. The van der Waals surface area contributed by atoms with E-state index in [1.54, 1.807) is 11.1 Å². The first-order valence-electron chi connectivity index (χ1n) is 16.1. The Morgan fingerprint density at radius 3 is 2.54 bits per heavy atom. The molecule has 16 heteroatoms. The van der Waals surface area contributed by atoms with Gasteiger partial charge >= 0.3 is 6.18 Å². The normalized spacial score (nSPS) is 18.5. The summed E-state index contributed by atoms with van der Waals surface area (Å²) >= 11 is 0. The molecule has 0 bridgehead atoms. The average Bonchev–Trinajstić information content (AvgIpc) is 3.86. The number of hydrogen-bond acceptors (Lipinski definition) is 9. The van der Waals surface area contributed by atoms with Crippen LogP contribution in [0.25, 0.3) is 22.3 Å². The van der Waals surface area contributed by atoms with Crippen LogP contribution in [-0.4, -0.2) is 101 Å². The number of alkyl halides is 3. The first kappa shape index (κ1) is 34.8. The van der Waals surface area contributed by atoms with E-state index < -0.39 is 23.4 Å². The fraction of sp³-hybridized carbons (Fsp3) is 0.531. The van der Waals surface area contributed by atoms with Crippen molar-refractivity contribution in [3.63, 3.8) is 0 Å². The molecular weight excluding hydrogens is 630 g/mol. The number of likely N-dealkylation sites (tertiary alicyclic amines) is 3. The number of aromatic amines is 1. The highest BCUT2D eigenvalue weighted by Gasteiger charge is 2.48. The van der Waals surface area contributed by atoms with Crippen LogP contribution in [0.1, 0.15) is 69.4 Å². The minimum atomic E-state index is -4.74. The van der Waals surface area contributed by atoms with E-state index in [0.29, 0.717) is 45.4 Å². The number of nitriles is 1. The van der Waals surface area contributed by atoms with Gasteiger partial charge in [0.25, 0.3) is 5.91 Å². The minimum absolute atomic E-state index is 0. The first-order valence-corrected chi connectivity index (χ1v) is 16.1. The zero-order valence-electron chi connectivity index (χ0n) is 26.9. The number of aromatic nitrogens is 7. The molecule has 3 fully saturated rings. The number of carbonyl (C=O) groups is 1. The molecule has 4 aromatic heterocycles. The van der Waals surface area contributed by atoms with Crippen molar-refractivity contribution in [2.45, 2.75) is 70.3 Å². The van der Waals surface area contributed by atoms with Gasteiger partial charge in [0.2, 0.25) is 5.82 Å². The number of halogens is 4. The molecule has 0 saturated carbocycles. The monoisotopic (exact) mass is 671 g/mol. The van der Waals surface area contributed by atoms with E-state index in [0.717, 1.165) is 48.2 Å². The number of H-pyrrole nitrogens is 1. The largest absolute Gasteiger partial charge is 0.451 e. The Balaban J connectivity index is 0.00000133. The fourth-order valence-electron chi connectivity index (χ4n) is 6.84. The Labute approximate surface area is 276 Å². The van der Waals surface area contributed by atoms with Crippen molar-refractivity contribution >= 4 is 16.9 Å². The molecule has 1 amide bonds. The van der Waals surface area contributed by atoms with Gasteiger partial charge in [0.05, 0.1) is 30.1 Å². The Morgan fingerprint density at radius 1 is 1.12 bits per heavy atom. The smallest absolute Gasteiger partial charge is 0.346 e. The van der Waals surface area contributed by atoms with E-state index in [9.17, 15) is 23.2 Å². The second-order valence-electron chi connectivity index (χ2n) is 12.2.